The maximum absolute atomic E-state index is 12.9. The Morgan fingerprint density at radius 3 is 2.54 bits per heavy atom. The number of halogens is 3. The predicted octanol–water partition coefficient (Wildman–Crippen LogP) is 2.77. The van der Waals surface area contributed by atoms with E-state index in [1.54, 1.807) is 0 Å². The van der Waals surface area contributed by atoms with E-state index in [9.17, 15) is 13.6 Å². The van der Waals surface area contributed by atoms with Crippen molar-refractivity contribution in [1.82, 2.24) is 0 Å². The van der Waals surface area contributed by atoms with Crippen LogP contribution in [0.2, 0.25) is 0 Å². The molecule has 1 atom stereocenters. The van der Waals surface area contributed by atoms with E-state index in [0.29, 0.717) is 6.07 Å². The van der Waals surface area contributed by atoms with Gasteiger partial charge in [0.1, 0.15) is 11.6 Å². The van der Waals surface area contributed by atoms with Gasteiger partial charge in [0.05, 0.1) is 10.9 Å². The van der Waals surface area contributed by atoms with Crippen LogP contribution < -0.4 is 0 Å². The summed E-state index contributed by atoms with van der Waals surface area (Å²) in [5, 5.41) is -0.806. The summed E-state index contributed by atoms with van der Waals surface area (Å²) in [5.41, 5.74) is -0.177. The first-order valence-electron chi connectivity index (χ1n) is 3.65. The van der Waals surface area contributed by atoms with Crippen LogP contribution in [-0.4, -0.2) is 11.2 Å². The van der Waals surface area contributed by atoms with Crippen molar-refractivity contribution in [3.63, 3.8) is 0 Å². The van der Waals surface area contributed by atoms with Crippen LogP contribution in [0, 0.1) is 11.6 Å². The van der Waals surface area contributed by atoms with Gasteiger partial charge in [-0.3, -0.25) is 4.79 Å². The van der Waals surface area contributed by atoms with Crippen molar-refractivity contribution in [1.29, 1.82) is 0 Å². The first-order valence-corrected chi connectivity index (χ1v) is 4.09. The number of alkyl halides is 1. The summed E-state index contributed by atoms with van der Waals surface area (Å²) in [6, 6.07) is 2.77. The molecule has 0 saturated carbocycles. The molecule has 1 nitrogen and oxygen atoms in total. The van der Waals surface area contributed by atoms with Crippen LogP contribution in [-0.2, 0) is 0 Å². The smallest absolute Gasteiger partial charge is 0.183 e. The van der Waals surface area contributed by atoms with Gasteiger partial charge in [-0.1, -0.05) is 0 Å². The average molecular weight is 205 g/mol. The van der Waals surface area contributed by atoms with Crippen LogP contribution in [0.1, 0.15) is 17.3 Å². The summed E-state index contributed by atoms with van der Waals surface area (Å²) >= 11 is 5.46. The molecule has 0 spiro atoms. The van der Waals surface area contributed by atoms with Crippen LogP contribution in [0.25, 0.3) is 0 Å². The minimum Gasteiger partial charge on any atom is -0.292 e. The second kappa shape index (κ2) is 3.83. The zero-order chi connectivity index (χ0) is 10.0. The molecule has 1 rings (SSSR count). The molecule has 0 aromatic heterocycles. The SMILES string of the molecule is C[C@H](Cl)C(=O)c1ccc(F)cc1F. The Morgan fingerprint density at radius 1 is 1.46 bits per heavy atom. The molecule has 1 aromatic rings. The van der Waals surface area contributed by atoms with Crippen molar-refractivity contribution >= 4 is 17.4 Å². The first-order chi connectivity index (χ1) is 6.02. The summed E-state index contributed by atoms with van der Waals surface area (Å²) in [6.45, 7) is 1.44. The van der Waals surface area contributed by atoms with Gasteiger partial charge in [-0.05, 0) is 19.1 Å². The van der Waals surface area contributed by atoms with E-state index in [1.807, 2.05) is 0 Å². The number of rotatable bonds is 2. The number of hydrogen-bond acceptors (Lipinski definition) is 1. The Kier molecular flexibility index (Phi) is 2.98. The van der Waals surface area contributed by atoms with Gasteiger partial charge in [0.15, 0.2) is 5.78 Å². The monoisotopic (exact) mass is 204 g/mol. The van der Waals surface area contributed by atoms with E-state index >= 15 is 0 Å². The van der Waals surface area contributed by atoms with Crippen LogP contribution in [0.3, 0.4) is 0 Å². The predicted molar refractivity (Wildman–Crippen MR) is 46.0 cm³/mol. The normalized spacial score (nSPS) is 12.6. The molecule has 70 valence electrons. The highest BCUT2D eigenvalue weighted by atomic mass is 35.5. The van der Waals surface area contributed by atoms with Crippen molar-refractivity contribution < 1.29 is 13.6 Å². The van der Waals surface area contributed by atoms with Crippen LogP contribution in [0.15, 0.2) is 18.2 Å². The summed E-state index contributed by atoms with van der Waals surface area (Å²) in [4.78, 5) is 11.2. The molecule has 1 aromatic carbocycles. The third-order valence-corrected chi connectivity index (χ3v) is 1.76. The van der Waals surface area contributed by atoms with Gasteiger partial charge in [0.25, 0.3) is 0 Å². The largest absolute Gasteiger partial charge is 0.292 e. The number of hydrogen-bond donors (Lipinski definition) is 0. The van der Waals surface area contributed by atoms with E-state index < -0.39 is 22.8 Å². The molecular weight excluding hydrogens is 198 g/mol. The number of benzene rings is 1. The fourth-order valence-electron chi connectivity index (χ4n) is 0.904. The molecule has 0 heterocycles. The number of carbonyl (C=O) groups is 1. The molecule has 0 saturated heterocycles. The standard InChI is InChI=1S/C9H7ClF2O/c1-5(10)9(13)7-3-2-6(11)4-8(7)12/h2-5H,1H3/t5-/m0/s1. The van der Waals surface area contributed by atoms with Gasteiger partial charge in [-0.25, -0.2) is 8.78 Å². The van der Waals surface area contributed by atoms with Crippen molar-refractivity contribution in [2.75, 3.05) is 0 Å². The van der Waals surface area contributed by atoms with Gasteiger partial charge in [-0.2, -0.15) is 0 Å². The number of Topliss-reactive ketones (excluding diaryl/α,β-unsaturated/α-hetero) is 1. The molecule has 0 aliphatic heterocycles. The highest BCUT2D eigenvalue weighted by molar-refractivity contribution is 6.33. The highest BCUT2D eigenvalue weighted by Gasteiger charge is 2.16. The molecule has 0 aliphatic carbocycles. The van der Waals surface area contributed by atoms with E-state index in [4.69, 9.17) is 11.6 Å². The summed E-state index contributed by atoms with van der Waals surface area (Å²) in [6.07, 6.45) is 0. The maximum atomic E-state index is 12.9. The van der Waals surface area contributed by atoms with E-state index in [-0.39, 0.29) is 5.56 Å². The van der Waals surface area contributed by atoms with Gasteiger partial charge >= 0.3 is 0 Å². The van der Waals surface area contributed by atoms with Crippen LogP contribution >= 0.6 is 11.6 Å². The highest BCUT2D eigenvalue weighted by Crippen LogP contribution is 2.13. The third kappa shape index (κ3) is 2.25. The minimum absolute atomic E-state index is 0.177. The Bertz CT molecular complexity index is 336. The van der Waals surface area contributed by atoms with E-state index in [1.165, 1.54) is 6.92 Å². The molecule has 0 radical (unpaired) electrons. The van der Waals surface area contributed by atoms with Crippen molar-refractivity contribution in [3.8, 4) is 0 Å². The Balaban J connectivity index is 3.09. The number of ketones is 1. The first kappa shape index (κ1) is 10.1. The lowest BCUT2D eigenvalue weighted by atomic mass is 10.1. The van der Waals surface area contributed by atoms with Gasteiger partial charge in [-0.15, -0.1) is 11.6 Å². The van der Waals surface area contributed by atoms with Crippen molar-refractivity contribution in [3.05, 3.63) is 35.4 Å². The summed E-state index contributed by atoms with van der Waals surface area (Å²) in [5.74, 6) is -2.13. The zero-order valence-corrected chi connectivity index (χ0v) is 7.61. The van der Waals surface area contributed by atoms with E-state index in [2.05, 4.69) is 0 Å². The quantitative estimate of drug-likeness (QED) is 0.535. The minimum atomic E-state index is -0.877. The van der Waals surface area contributed by atoms with Crippen molar-refractivity contribution in [2.45, 2.75) is 12.3 Å². The summed E-state index contributed by atoms with van der Waals surface area (Å²) in [7, 11) is 0. The average Bonchev–Trinajstić information content (AvgIpc) is 2.03. The summed E-state index contributed by atoms with van der Waals surface area (Å²) < 4.78 is 25.4. The lowest BCUT2D eigenvalue weighted by molar-refractivity contribution is 0.0988. The van der Waals surface area contributed by atoms with E-state index in [0.717, 1.165) is 12.1 Å². The van der Waals surface area contributed by atoms with Crippen LogP contribution in [0.4, 0.5) is 8.78 Å². The molecule has 0 aliphatic rings. The Morgan fingerprint density at radius 2 is 2.08 bits per heavy atom. The topological polar surface area (TPSA) is 17.1 Å². The third-order valence-electron chi connectivity index (χ3n) is 1.56. The van der Waals surface area contributed by atoms with Gasteiger partial charge < -0.3 is 0 Å². The maximum Gasteiger partial charge on any atom is 0.183 e. The molecule has 13 heavy (non-hydrogen) atoms. The second-order valence-electron chi connectivity index (χ2n) is 2.60. The number of carbonyl (C=O) groups excluding carboxylic acids is 1. The molecule has 4 heteroatoms. The lowest BCUT2D eigenvalue weighted by Crippen LogP contribution is -2.12. The van der Waals surface area contributed by atoms with Crippen molar-refractivity contribution in [2.24, 2.45) is 0 Å². The lowest BCUT2D eigenvalue weighted by Gasteiger charge is -2.03. The second-order valence-corrected chi connectivity index (χ2v) is 3.26. The molecule has 0 unspecified atom stereocenters. The fourth-order valence-corrected chi connectivity index (χ4v) is 1.02. The molecular formula is C9H7ClF2O. The molecule has 0 amide bonds. The molecule has 0 fully saturated rings. The Labute approximate surface area is 79.3 Å². The van der Waals surface area contributed by atoms with Gasteiger partial charge in [0.2, 0.25) is 0 Å². The van der Waals surface area contributed by atoms with Gasteiger partial charge in [0, 0.05) is 6.07 Å². The zero-order valence-electron chi connectivity index (χ0n) is 6.85. The van der Waals surface area contributed by atoms with Crippen LogP contribution in [0.5, 0.6) is 0 Å². The molecule has 0 bridgehead atoms. The fraction of sp³-hybridized carbons (Fsp3) is 0.222. The Hall–Kier alpha value is -0.960. The molecule has 0 N–H and O–H groups in total.